The van der Waals surface area contributed by atoms with Gasteiger partial charge >= 0.3 is 6.18 Å². The number of morpholine rings is 1. The van der Waals surface area contributed by atoms with E-state index in [4.69, 9.17) is 4.74 Å². The maximum atomic E-state index is 13.4. The van der Waals surface area contributed by atoms with E-state index < -0.39 is 11.7 Å². The number of benzene rings is 1. The van der Waals surface area contributed by atoms with Gasteiger partial charge in [0.1, 0.15) is 17.4 Å². The first-order chi connectivity index (χ1) is 16.1. The number of phenols is 1. The van der Waals surface area contributed by atoms with Gasteiger partial charge in [0.05, 0.1) is 29.0 Å². The van der Waals surface area contributed by atoms with Crippen LogP contribution >= 0.6 is 0 Å². The molecule has 2 aliphatic rings. The minimum Gasteiger partial charge on any atom is -0.508 e. The Kier molecular flexibility index (Phi) is 6.53. The average molecular weight is 476 g/mol. The van der Waals surface area contributed by atoms with Crippen molar-refractivity contribution < 1.29 is 27.8 Å². The lowest BCUT2D eigenvalue weighted by molar-refractivity contribution is -0.0687. The van der Waals surface area contributed by atoms with Crippen LogP contribution in [0.2, 0.25) is 0 Å². The first-order valence-electron chi connectivity index (χ1n) is 11.2. The molecule has 0 spiro atoms. The lowest BCUT2D eigenvalue weighted by Crippen LogP contribution is -2.48. The molecule has 1 fully saturated rings. The summed E-state index contributed by atoms with van der Waals surface area (Å²) < 4.78 is 45.9. The van der Waals surface area contributed by atoms with Crippen LogP contribution in [0.15, 0.2) is 24.3 Å². The highest BCUT2D eigenvalue weighted by Crippen LogP contribution is 2.42. The van der Waals surface area contributed by atoms with Crippen molar-refractivity contribution in [2.75, 3.05) is 25.0 Å². The van der Waals surface area contributed by atoms with Gasteiger partial charge in [0.15, 0.2) is 0 Å². The Morgan fingerprint density at radius 2 is 1.94 bits per heavy atom. The number of allylic oxidation sites excluding steroid dienone is 2. The van der Waals surface area contributed by atoms with Crippen LogP contribution < -0.4 is 5.32 Å². The van der Waals surface area contributed by atoms with Gasteiger partial charge in [-0.15, -0.1) is 0 Å². The van der Waals surface area contributed by atoms with Gasteiger partial charge in [-0.1, -0.05) is 12.1 Å². The molecule has 0 saturated carbocycles. The van der Waals surface area contributed by atoms with Gasteiger partial charge in [0.25, 0.3) is 5.91 Å². The fraction of sp³-hybridized carbons (Fsp3) is 0.458. The van der Waals surface area contributed by atoms with E-state index in [9.17, 15) is 23.1 Å². The van der Waals surface area contributed by atoms with E-state index in [1.807, 2.05) is 13.8 Å². The zero-order chi connectivity index (χ0) is 24.6. The molecule has 2 heterocycles. The van der Waals surface area contributed by atoms with Gasteiger partial charge < -0.3 is 20.1 Å². The minimum absolute atomic E-state index is 0.0164. The maximum Gasteiger partial charge on any atom is 0.416 e. The molecule has 0 unspecified atom stereocenters. The van der Waals surface area contributed by atoms with Crippen LogP contribution in [0, 0.1) is 0 Å². The molecule has 2 aromatic rings. The molecule has 7 nitrogen and oxygen atoms in total. The first kappa shape index (κ1) is 24.0. The van der Waals surface area contributed by atoms with Gasteiger partial charge in [-0.2, -0.15) is 13.2 Å². The lowest BCUT2D eigenvalue weighted by Gasteiger charge is -2.35. The zero-order valence-electron chi connectivity index (χ0n) is 19.2. The summed E-state index contributed by atoms with van der Waals surface area (Å²) >= 11 is 0. The number of alkyl halides is 3. The quantitative estimate of drug-likeness (QED) is 0.680. The molecule has 0 radical (unpaired) electrons. The summed E-state index contributed by atoms with van der Waals surface area (Å²) in [7, 11) is 0. The van der Waals surface area contributed by atoms with Crippen LogP contribution in [0.1, 0.15) is 53.8 Å². The number of fused-ring (bicyclic) bond motifs is 1. The minimum atomic E-state index is -4.49. The van der Waals surface area contributed by atoms with Crippen molar-refractivity contribution in [1.29, 1.82) is 0 Å². The van der Waals surface area contributed by atoms with Gasteiger partial charge in [0, 0.05) is 43.6 Å². The molecule has 1 saturated heterocycles. The second-order valence-corrected chi connectivity index (χ2v) is 8.65. The van der Waals surface area contributed by atoms with E-state index in [0.29, 0.717) is 36.5 Å². The number of aromatic nitrogens is 2. The molecule has 4 rings (SSSR count). The average Bonchev–Trinajstić information content (AvgIpc) is 3.19. The third-order valence-corrected chi connectivity index (χ3v) is 5.84. The molecule has 1 amide bonds. The number of halogens is 3. The molecular weight excluding hydrogens is 449 g/mol. The summed E-state index contributed by atoms with van der Waals surface area (Å²) in [6.45, 7) is 6.92. The van der Waals surface area contributed by atoms with Crippen molar-refractivity contribution >= 4 is 17.3 Å². The highest BCUT2D eigenvalue weighted by atomic mass is 19.4. The number of phenolic OH excluding ortho intramolecular Hbond substituents is 1. The summed E-state index contributed by atoms with van der Waals surface area (Å²) in [6, 6.07) is 4.66. The van der Waals surface area contributed by atoms with E-state index in [2.05, 4.69) is 15.3 Å². The SMILES string of the molecule is CCNc1nc(Cc2ccc(C(=O)N3C[C@@H](C)O[C@@H](C)C3)cc2O)nc2c1C(C(F)(F)F)=CC2. The molecule has 34 heavy (non-hydrogen) atoms. The Morgan fingerprint density at radius 3 is 2.56 bits per heavy atom. The first-order valence-corrected chi connectivity index (χ1v) is 11.2. The van der Waals surface area contributed by atoms with Crippen molar-refractivity contribution in [3.8, 4) is 5.75 Å². The third kappa shape index (κ3) is 4.86. The molecule has 2 atom stereocenters. The number of hydrogen-bond acceptors (Lipinski definition) is 6. The number of aromatic hydroxyl groups is 1. The molecule has 1 aromatic carbocycles. The Balaban J connectivity index is 1.57. The summed E-state index contributed by atoms with van der Waals surface area (Å²) in [5.74, 6) is 0.128. The van der Waals surface area contributed by atoms with E-state index in [-0.39, 0.29) is 53.9 Å². The topological polar surface area (TPSA) is 87.6 Å². The standard InChI is InChI=1S/C24H27F3N4O3/c1-4-28-22-21-17(24(25,26)27)7-8-18(21)29-20(30-22)10-15-5-6-16(9-19(15)32)23(33)31-11-13(2)34-14(3)12-31/h5-7,9,13-14,32H,4,8,10-12H2,1-3H3,(H,28,29,30)/t13-,14+. The number of carbonyl (C=O) groups excluding carboxylic acids is 1. The van der Waals surface area contributed by atoms with Crippen molar-refractivity contribution in [2.45, 2.75) is 52.0 Å². The predicted octanol–water partition coefficient (Wildman–Crippen LogP) is 3.96. The molecule has 182 valence electrons. The highest BCUT2D eigenvalue weighted by molar-refractivity contribution is 5.95. The van der Waals surface area contributed by atoms with E-state index >= 15 is 0 Å². The summed E-state index contributed by atoms with van der Waals surface area (Å²) in [5, 5.41) is 13.5. The smallest absolute Gasteiger partial charge is 0.416 e. The van der Waals surface area contributed by atoms with E-state index in [0.717, 1.165) is 6.08 Å². The van der Waals surface area contributed by atoms with Crippen molar-refractivity contribution in [3.05, 3.63) is 52.5 Å². The summed E-state index contributed by atoms with van der Waals surface area (Å²) in [6.07, 6.45) is -3.34. The Morgan fingerprint density at radius 1 is 1.24 bits per heavy atom. The van der Waals surface area contributed by atoms with Crippen LogP contribution in [0.4, 0.5) is 19.0 Å². The number of nitrogens with one attached hydrogen (secondary N) is 1. The fourth-order valence-corrected chi connectivity index (χ4v) is 4.46. The number of anilines is 1. The number of rotatable bonds is 5. The highest BCUT2D eigenvalue weighted by Gasteiger charge is 2.40. The van der Waals surface area contributed by atoms with E-state index in [1.165, 1.54) is 6.07 Å². The molecule has 1 aliphatic carbocycles. The Bertz CT molecular complexity index is 1120. The van der Waals surface area contributed by atoms with Gasteiger partial charge in [-0.3, -0.25) is 4.79 Å². The lowest BCUT2D eigenvalue weighted by atomic mass is 10.0. The zero-order valence-corrected chi connectivity index (χ0v) is 19.2. The predicted molar refractivity (Wildman–Crippen MR) is 121 cm³/mol. The molecule has 10 heteroatoms. The molecule has 1 aliphatic heterocycles. The number of carbonyl (C=O) groups is 1. The number of hydrogen-bond donors (Lipinski definition) is 2. The fourth-order valence-electron chi connectivity index (χ4n) is 4.46. The molecule has 0 bridgehead atoms. The van der Waals surface area contributed by atoms with Crippen LogP contribution in [0.3, 0.4) is 0 Å². The van der Waals surface area contributed by atoms with Crippen molar-refractivity contribution in [2.24, 2.45) is 0 Å². The van der Waals surface area contributed by atoms with Crippen LogP contribution in [0.25, 0.3) is 5.57 Å². The summed E-state index contributed by atoms with van der Waals surface area (Å²) in [4.78, 5) is 23.3. The van der Waals surface area contributed by atoms with Crippen LogP contribution in [-0.2, 0) is 17.6 Å². The number of ether oxygens (including phenoxy) is 1. The third-order valence-electron chi connectivity index (χ3n) is 5.84. The van der Waals surface area contributed by atoms with Gasteiger partial charge in [0.2, 0.25) is 0 Å². The number of nitrogens with zero attached hydrogens (tertiary/aromatic N) is 3. The summed E-state index contributed by atoms with van der Waals surface area (Å²) in [5.41, 5.74) is 0.379. The second-order valence-electron chi connectivity index (χ2n) is 8.65. The molecular formula is C24H27F3N4O3. The molecule has 2 N–H and O–H groups in total. The van der Waals surface area contributed by atoms with Crippen LogP contribution in [0.5, 0.6) is 5.75 Å². The Labute approximate surface area is 195 Å². The maximum absolute atomic E-state index is 13.4. The normalized spacial score (nSPS) is 20.2. The van der Waals surface area contributed by atoms with Gasteiger partial charge in [-0.25, -0.2) is 9.97 Å². The molecule has 1 aromatic heterocycles. The van der Waals surface area contributed by atoms with Crippen LogP contribution in [-0.4, -0.2) is 63.9 Å². The monoisotopic (exact) mass is 476 g/mol. The second kappa shape index (κ2) is 9.25. The van der Waals surface area contributed by atoms with E-state index in [1.54, 1.807) is 24.0 Å². The largest absolute Gasteiger partial charge is 0.508 e. The Hall–Kier alpha value is -3.14. The van der Waals surface area contributed by atoms with Crippen molar-refractivity contribution in [3.63, 3.8) is 0 Å². The number of amides is 1. The van der Waals surface area contributed by atoms with Gasteiger partial charge in [-0.05, 0) is 32.9 Å². The van der Waals surface area contributed by atoms with Crippen molar-refractivity contribution in [1.82, 2.24) is 14.9 Å².